The van der Waals surface area contributed by atoms with E-state index in [1.54, 1.807) is 6.07 Å². The number of hydrogen-bond acceptors (Lipinski definition) is 2. The molecule has 3 nitrogen and oxygen atoms in total. The highest BCUT2D eigenvalue weighted by molar-refractivity contribution is 5.77. The number of aryl methyl sites for hydroxylation is 1. The molecule has 0 aliphatic rings. The van der Waals surface area contributed by atoms with Crippen LogP contribution in [0.4, 0.5) is 4.39 Å². The average Bonchev–Trinajstić information content (AvgIpc) is 2.48. The molecule has 0 atom stereocenters. The smallest absolute Gasteiger partial charge is 0.234 e. The zero-order valence-corrected chi connectivity index (χ0v) is 12.0. The van der Waals surface area contributed by atoms with Crippen molar-refractivity contribution in [3.05, 3.63) is 71.0 Å². The van der Waals surface area contributed by atoms with Gasteiger partial charge in [0.1, 0.15) is 5.82 Å². The first-order valence-corrected chi connectivity index (χ1v) is 6.91. The third-order valence-corrected chi connectivity index (χ3v) is 3.24. The Balaban J connectivity index is 1.72. The van der Waals surface area contributed by atoms with Crippen LogP contribution in [0.15, 0.2) is 48.5 Å². The number of halogens is 1. The molecule has 0 aromatic heterocycles. The number of amides is 1. The van der Waals surface area contributed by atoms with Crippen molar-refractivity contribution in [2.75, 3.05) is 6.54 Å². The largest absolute Gasteiger partial charge is 0.351 e. The van der Waals surface area contributed by atoms with Gasteiger partial charge in [0.2, 0.25) is 5.91 Å². The van der Waals surface area contributed by atoms with Crippen molar-refractivity contribution in [3.8, 4) is 0 Å². The predicted molar refractivity (Wildman–Crippen MR) is 81.1 cm³/mol. The number of carbonyl (C=O) groups is 1. The molecule has 1 amide bonds. The fourth-order valence-electron chi connectivity index (χ4n) is 2.03. The lowest BCUT2D eigenvalue weighted by Gasteiger charge is -2.09. The first kappa shape index (κ1) is 15.2. The standard InChI is InChI=1S/C17H19FN2O/c1-13-9-16(18)8-7-15(13)11-19-12-17(21)20-10-14-5-3-2-4-6-14/h2-9,19H,10-12H2,1H3,(H,20,21). The topological polar surface area (TPSA) is 41.1 Å². The van der Waals surface area contributed by atoms with Gasteiger partial charge in [0.15, 0.2) is 0 Å². The van der Waals surface area contributed by atoms with E-state index >= 15 is 0 Å². The van der Waals surface area contributed by atoms with Crippen molar-refractivity contribution in [1.29, 1.82) is 0 Å². The van der Waals surface area contributed by atoms with Crippen LogP contribution in [0.25, 0.3) is 0 Å². The van der Waals surface area contributed by atoms with Crippen LogP contribution in [0.3, 0.4) is 0 Å². The summed E-state index contributed by atoms with van der Waals surface area (Å²) >= 11 is 0. The fraction of sp³-hybridized carbons (Fsp3) is 0.235. The normalized spacial score (nSPS) is 10.4. The summed E-state index contributed by atoms with van der Waals surface area (Å²) in [6.07, 6.45) is 0. The molecule has 0 saturated heterocycles. The maximum atomic E-state index is 13.0. The molecule has 0 bridgehead atoms. The van der Waals surface area contributed by atoms with Gasteiger partial charge in [0, 0.05) is 13.1 Å². The van der Waals surface area contributed by atoms with Gasteiger partial charge in [-0.25, -0.2) is 4.39 Å². The number of carbonyl (C=O) groups excluding carboxylic acids is 1. The van der Waals surface area contributed by atoms with Gasteiger partial charge in [-0.1, -0.05) is 36.4 Å². The Kier molecular flexibility index (Phi) is 5.46. The van der Waals surface area contributed by atoms with Crippen molar-refractivity contribution in [1.82, 2.24) is 10.6 Å². The van der Waals surface area contributed by atoms with E-state index in [2.05, 4.69) is 10.6 Å². The molecule has 0 aliphatic carbocycles. The van der Waals surface area contributed by atoms with E-state index in [1.165, 1.54) is 12.1 Å². The molecular formula is C17H19FN2O. The predicted octanol–water partition coefficient (Wildman–Crippen LogP) is 2.54. The lowest BCUT2D eigenvalue weighted by Crippen LogP contribution is -2.33. The van der Waals surface area contributed by atoms with Crippen molar-refractivity contribution in [3.63, 3.8) is 0 Å². The van der Waals surface area contributed by atoms with Crippen molar-refractivity contribution >= 4 is 5.91 Å². The minimum absolute atomic E-state index is 0.0568. The van der Waals surface area contributed by atoms with Crippen LogP contribution in [0.5, 0.6) is 0 Å². The second kappa shape index (κ2) is 7.55. The molecule has 2 aromatic carbocycles. The maximum absolute atomic E-state index is 13.0. The molecule has 0 fully saturated rings. The monoisotopic (exact) mass is 286 g/mol. The van der Waals surface area contributed by atoms with E-state index in [1.807, 2.05) is 37.3 Å². The van der Waals surface area contributed by atoms with Crippen molar-refractivity contribution in [2.24, 2.45) is 0 Å². The summed E-state index contributed by atoms with van der Waals surface area (Å²) in [5.41, 5.74) is 2.94. The highest BCUT2D eigenvalue weighted by atomic mass is 19.1. The maximum Gasteiger partial charge on any atom is 0.234 e. The van der Waals surface area contributed by atoms with E-state index in [9.17, 15) is 9.18 Å². The molecule has 0 saturated carbocycles. The van der Waals surface area contributed by atoms with Crippen LogP contribution in [0.1, 0.15) is 16.7 Å². The summed E-state index contributed by atoms with van der Waals surface area (Å²) in [6.45, 7) is 3.17. The van der Waals surface area contributed by atoms with Crippen LogP contribution in [0.2, 0.25) is 0 Å². The molecule has 110 valence electrons. The number of nitrogens with one attached hydrogen (secondary N) is 2. The van der Waals surface area contributed by atoms with Gasteiger partial charge >= 0.3 is 0 Å². The highest BCUT2D eigenvalue weighted by Gasteiger charge is 2.03. The zero-order chi connectivity index (χ0) is 15.1. The van der Waals surface area contributed by atoms with Crippen LogP contribution in [-0.4, -0.2) is 12.5 Å². The van der Waals surface area contributed by atoms with Gasteiger partial charge in [-0.15, -0.1) is 0 Å². The van der Waals surface area contributed by atoms with Gasteiger partial charge in [-0.3, -0.25) is 4.79 Å². The Labute approximate surface area is 124 Å². The first-order valence-electron chi connectivity index (χ1n) is 6.91. The minimum atomic E-state index is -0.239. The SMILES string of the molecule is Cc1cc(F)ccc1CNCC(=O)NCc1ccccc1. The summed E-state index contributed by atoms with van der Waals surface area (Å²) in [7, 11) is 0. The van der Waals surface area contributed by atoms with E-state index < -0.39 is 0 Å². The van der Waals surface area contributed by atoms with Crippen LogP contribution < -0.4 is 10.6 Å². The molecule has 0 heterocycles. The summed E-state index contributed by atoms with van der Waals surface area (Å²) in [5.74, 6) is -0.296. The number of benzene rings is 2. The van der Waals surface area contributed by atoms with E-state index in [0.717, 1.165) is 16.7 Å². The van der Waals surface area contributed by atoms with Gasteiger partial charge < -0.3 is 10.6 Å². The third-order valence-electron chi connectivity index (χ3n) is 3.24. The van der Waals surface area contributed by atoms with Crippen LogP contribution in [-0.2, 0) is 17.9 Å². The summed E-state index contributed by atoms with van der Waals surface area (Å²) in [5, 5.41) is 5.91. The molecule has 0 aliphatic heterocycles. The summed E-state index contributed by atoms with van der Waals surface area (Å²) in [6, 6.07) is 14.4. The molecule has 2 aromatic rings. The van der Waals surface area contributed by atoms with E-state index in [-0.39, 0.29) is 18.3 Å². The third kappa shape index (κ3) is 5.00. The Morgan fingerprint density at radius 1 is 1.10 bits per heavy atom. The molecule has 0 unspecified atom stereocenters. The average molecular weight is 286 g/mol. The minimum Gasteiger partial charge on any atom is -0.351 e. The molecule has 21 heavy (non-hydrogen) atoms. The van der Waals surface area contributed by atoms with Crippen LogP contribution in [0, 0.1) is 12.7 Å². The Bertz CT molecular complexity index is 599. The molecule has 2 rings (SSSR count). The quantitative estimate of drug-likeness (QED) is 0.857. The van der Waals surface area contributed by atoms with Gasteiger partial charge in [-0.05, 0) is 35.7 Å². The van der Waals surface area contributed by atoms with E-state index in [4.69, 9.17) is 0 Å². The van der Waals surface area contributed by atoms with Crippen molar-refractivity contribution in [2.45, 2.75) is 20.0 Å². The van der Waals surface area contributed by atoms with Gasteiger partial charge in [0.25, 0.3) is 0 Å². The molecule has 2 N–H and O–H groups in total. The molecule has 4 heteroatoms. The first-order chi connectivity index (χ1) is 10.1. The summed E-state index contributed by atoms with van der Waals surface area (Å²) < 4.78 is 13.0. The Morgan fingerprint density at radius 2 is 1.86 bits per heavy atom. The lowest BCUT2D eigenvalue weighted by molar-refractivity contribution is -0.120. The van der Waals surface area contributed by atoms with E-state index in [0.29, 0.717) is 13.1 Å². The number of hydrogen-bond donors (Lipinski definition) is 2. The zero-order valence-electron chi connectivity index (χ0n) is 12.0. The van der Waals surface area contributed by atoms with Crippen LogP contribution >= 0.6 is 0 Å². The highest BCUT2D eigenvalue weighted by Crippen LogP contribution is 2.09. The molecule has 0 spiro atoms. The van der Waals surface area contributed by atoms with Crippen molar-refractivity contribution < 1.29 is 9.18 Å². The Hall–Kier alpha value is -2.20. The molecule has 0 radical (unpaired) electrons. The van der Waals surface area contributed by atoms with Gasteiger partial charge in [0.05, 0.1) is 6.54 Å². The number of rotatable bonds is 6. The molecular weight excluding hydrogens is 267 g/mol. The fourth-order valence-corrected chi connectivity index (χ4v) is 2.03. The second-order valence-corrected chi connectivity index (χ2v) is 4.94. The lowest BCUT2D eigenvalue weighted by atomic mass is 10.1. The van der Waals surface area contributed by atoms with Gasteiger partial charge in [-0.2, -0.15) is 0 Å². The second-order valence-electron chi connectivity index (χ2n) is 4.94. The Morgan fingerprint density at radius 3 is 2.57 bits per heavy atom. The summed E-state index contributed by atoms with van der Waals surface area (Å²) in [4.78, 5) is 11.7.